The van der Waals surface area contributed by atoms with Crippen molar-refractivity contribution in [1.29, 1.82) is 0 Å². The van der Waals surface area contributed by atoms with E-state index in [1.807, 2.05) is 0 Å². The molecule has 2 aliphatic rings. The maximum atomic E-state index is 11.6. The van der Waals surface area contributed by atoms with Crippen molar-refractivity contribution in [2.45, 2.75) is 37.5 Å². The predicted octanol–water partition coefficient (Wildman–Crippen LogP) is 0.976. The Hall–Kier alpha value is -0.510. The van der Waals surface area contributed by atoms with Crippen molar-refractivity contribution >= 4 is 23.5 Å². The topological polar surface area (TPSA) is 46.2 Å². The van der Waals surface area contributed by atoms with Crippen LogP contribution < -0.4 is 5.32 Å². The van der Waals surface area contributed by atoms with Gasteiger partial charge >= 0.3 is 0 Å². The molecule has 1 N–H and O–H groups in total. The van der Waals surface area contributed by atoms with Crippen LogP contribution in [0.2, 0.25) is 0 Å². The van der Waals surface area contributed by atoms with Crippen molar-refractivity contribution in [2.75, 3.05) is 5.75 Å². The zero-order chi connectivity index (χ0) is 10.1. The third-order valence-corrected chi connectivity index (χ3v) is 4.45. The zero-order valence-corrected chi connectivity index (χ0v) is 9.10. The fraction of sp³-hybridized carbons (Fsp3) is 0.800. The van der Waals surface area contributed by atoms with Crippen LogP contribution in [0.3, 0.4) is 0 Å². The van der Waals surface area contributed by atoms with E-state index >= 15 is 0 Å². The first-order chi connectivity index (χ1) is 6.68. The Labute approximate surface area is 88.0 Å². The normalized spacial score (nSPS) is 36.6. The number of hydrogen-bond donors (Lipinski definition) is 1. The number of rotatable bonds is 1. The molecular weight excluding hydrogens is 198 g/mol. The summed E-state index contributed by atoms with van der Waals surface area (Å²) in [4.78, 5) is 22.6. The molecule has 78 valence electrons. The second kappa shape index (κ2) is 3.93. The Morgan fingerprint density at radius 1 is 1.50 bits per heavy atom. The van der Waals surface area contributed by atoms with Gasteiger partial charge in [0.15, 0.2) is 0 Å². The van der Waals surface area contributed by atoms with Crippen LogP contribution in [0.1, 0.15) is 26.2 Å². The Balaban J connectivity index is 2.08. The molecule has 1 amide bonds. The molecule has 2 rings (SSSR count). The van der Waals surface area contributed by atoms with Gasteiger partial charge in [0.25, 0.3) is 0 Å². The highest BCUT2D eigenvalue weighted by molar-refractivity contribution is 8.01. The van der Waals surface area contributed by atoms with E-state index in [9.17, 15) is 9.59 Å². The van der Waals surface area contributed by atoms with E-state index in [1.165, 1.54) is 6.92 Å². The molecule has 3 nitrogen and oxygen atoms in total. The van der Waals surface area contributed by atoms with E-state index in [1.54, 1.807) is 11.8 Å². The van der Waals surface area contributed by atoms with Crippen LogP contribution in [0.5, 0.6) is 0 Å². The second-order valence-corrected chi connectivity index (χ2v) is 5.31. The fourth-order valence-corrected chi connectivity index (χ4v) is 3.94. The molecule has 3 atom stereocenters. The highest BCUT2D eigenvalue weighted by Gasteiger charge is 2.43. The van der Waals surface area contributed by atoms with Crippen molar-refractivity contribution in [3.05, 3.63) is 0 Å². The molecule has 0 bridgehead atoms. The summed E-state index contributed by atoms with van der Waals surface area (Å²) in [5.41, 5.74) is 0. The highest BCUT2D eigenvalue weighted by atomic mass is 32.2. The second-order valence-electron chi connectivity index (χ2n) is 4.08. The Bertz CT molecular complexity index is 267. The lowest BCUT2D eigenvalue weighted by Crippen LogP contribution is -2.46. The fourth-order valence-electron chi connectivity index (χ4n) is 2.48. The SMILES string of the molecule is CC(=O)NC1CCCC2SCC(=O)C12. The van der Waals surface area contributed by atoms with E-state index in [0.717, 1.165) is 19.3 Å². The molecule has 0 aromatic rings. The summed E-state index contributed by atoms with van der Waals surface area (Å²) in [6, 6.07) is 0.105. The van der Waals surface area contributed by atoms with Crippen LogP contribution in [0.4, 0.5) is 0 Å². The highest BCUT2D eigenvalue weighted by Crippen LogP contribution is 2.39. The average molecular weight is 213 g/mol. The Kier molecular flexibility index (Phi) is 2.81. The van der Waals surface area contributed by atoms with Gasteiger partial charge in [0, 0.05) is 18.2 Å². The minimum absolute atomic E-state index is 0.0136. The zero-order valence-electron chi connectivity index (χ0n) is 8.29. The number of carbonyl (C=O) groups excluding carboxylic acids is 2. The average Bonchev–Trinajstić information content (AvgIpc) is 2.48. The molecular formula is C10H15NO2S. The molecule has 0 radical (unpaired) electrons. The molecule has 3 unspecified atom stereocenters. The molecule has 1 aliphatic heterocycles. The molecule has 1 saturated heterocycles. The van der Waals surface area contributed by atoms with Gasteiger partial charge in [-0.25, -0.2) is 0 Å². The summed E-state index contributed by atoms with van der Waals surface area (Å²) in [6.45, 7) is 1.52. The summed E-state index contributed by atoms with van der Waals surface area (Å²) in [5.74, 6) is 1.06. The van der Waals surface area contributed by atoms with E-state index in [0.29, 0.717) is 16.8 Å². The minimum Gasteiger partial charge on any atom is -0.353 e. The van der Waals surface area contributed by atoms with E-state index in [2.05, 4.69) is 5.32 Å². The summed E-state index contributed by atoms with van der Waals surface area (Å²) in [7, 11) is 0. The molecule has 1 heterocycles. The van der Waals surface area contributed by atoms with Gasteiger partial charge in [-0.2, -0.15) is 0 Å². The van der Waals surface area contributed by atoms with Crippen LogP contribution in [0.25, 0.3) is 0 Å². The lowest BCUT2D eigenvalue weighted by Gasteiger charge is -2.32. The van der Waals surface area contributed by atoms with Gasteiger partial charge in [0.05, 0.1) is 11.7 Å². The maximum absolute atomic E-state index is 11.6. The number of Topliss-reactive ketones (excluding diaryl/α,β-unsaturated/α-hetero) is 1. The monoisotopic (exact) mass is 213 g/mol. The van der Waals surface area contributed by atoms with E-state index in [-0.39, 0.29) is 17.9 Å². The predicted molar refractivity (Wildman–Crippen MR) is 56.2 cm³/mol. The molecule has 0 aromatic carbocycles. The smallest absolute Gasteiger partial charge is 0.217 e. The van der Waals surface area contributed by atoms with Gasteiger partial charge in [-0.3, -0.25) is 9.59 Å². The van der Waals surface area contributed by atoms with Crippen LogP contribution in [-0.4, -0.2) is 28.7 Å². The number of thioether (sulfide) groups is 1. The Morgan fingerprint density at radius 3 is 3.00 bits per heavy atom. The van der Waals surface area contributed by atoms with E-state index in [4.69, 9.17) is 0 Å². The van der Waals surface area contributed by atoms with Gasteiger partial charge in [-0.1, -0.05) is 6.42 Å². The molecule has 14 heavy (non-hydrogen) atoms. The summed E-state index contributed by atoms with van der Waals surface area (Å²) in [5, 5.41) is 3.38. The van der Waals surface area contributed by atoms with Gasteiger partial charge in [-0.05, 0) is 12.8 Å². The lowest BCUT2D eigenvalue weighted by molar-refractivity contribution is -0.123. The van der Waals surface area contributed by atoms with Crippen molar-refractivity contribution in [2.24, 2.45) is 5.92 Å². The number of ketones is 1. The van der Waals surface area contributed by atoms with Crippen LogP contribution in [0.15, 0.2) is 0 Å². The maximum Gasteiger partial charge on any atom is 0.217 e. The summed E-state index contributed by atoms with van der Waals surface area (Å²) < 4.78 is 0. The van der Waals surface area contributed by atoms with E-state index < -0.39 is 0 Å². The van der Waals surface area contributed by atoms with Crippen molar-refractivity contribution < 1.29 is 9.59 Å². The molecule has 1 saturated carbocycles. The van der Waals surface area contributed by atoms with Crippen LogP contribution >= 0.6 is 11.8 Å². The summed E-state index contributed by atoms with van der Waals surface area (Å²) >= 11 is 1.76. The molecule has 0 spiro atoms. The number of amides is 1. The molecule has 2 fully saturated rings. The van der Waals surface area contributed by atoms with Crippen molar-refractivity contribution in [3.8, 4) is 0 Å². The number of nitrogens with one attached hydrogen (secondary N) is 1. The quantitative estimate of drug-likeness (QED) is 0.706. The summed E-state index contributed by atoms with van der Waals surface area (Å²) in [6.07, 6.45) is 3.23. The number of fused-ring (bicyclic) bond motifs is 1. The first-order valence-corrected chi connectivity index (χ1v) is 6.15. The third kappa shape index (κ3) is 1.80. The number of carbonyl (C=O) groups is 2. The van der Waals surface area contributed by atoms with Crippen molar-refractivity contribution in [3.63, 3.8) is 0 Å². The van der Waals surface area contributed by atoms with Gasteiger partial charge in [0.2, 0.25) is 5.91 Å². The van der Waals surface area contributed by atoms with Gasteiger partial charge in [0.1, 0.15) is 5.78 Å². The first-order valence-electron chi connectivity index (χ1n) is 5.10. The molecule has 1 aliphatic carbocycles. The lowest BCUT2D eigenvalue weighted by atomic mass is 9.82. The van der Waals surface area contributed by atoms with Crippen LogP contribution in [-0.2, 0) is 9.59 Å². The molecule has 4 heteroatoms. The van der Waals surface area contributed by atoms with Crippen molar-refractivity contribution in [1.82, 2.24) is 5.32 Å². The van der Waals surface area contributed by atoms with Crippen LogP contribution in [0, 0.1) is 5.92 Å². The largest absolute Gasteiger partial charge is 0.353 e. The number of hydrogen-bond acceptors (Lipinski definition) is 3. The first kappa shape index (κ1) is 10.0. The standard InChI is InChI=1S/C10H15NO2S/c1-6(12)11-7-3-2-4-9-10(7)8(13)5-14-9/h7,9-10H,2-5H2,1H3,(H,11,12). The minimum atomic E-state index is -0.0136. The Morgan fingerprint density at radius 2 is 2.29 bits per heavy atom. The van der Waals surface area contributed by atoms with Gasteiger partial charge in [-0.15, -0.1) is 11.8 Å². The molecule has 0 aromatic heterocycles. The third-order valence-electron chi connectivity index (χ3n) is 3.04. The van der Waals surface area contributed by atoms with Gasteiger partial charge < -0.3 is 5.32 Å².